The maximum Gasteiger partial charge on any atom is 0.374 e. The van der Waals surface area contributed by atoms with Crippen LogP contribution in [0.1, 0.15) is 30.8 Å². The van der Waals surface area contributed by atoms with Gasteiger partial charge in [0.05, 0.1) is 5.69 Å². The van der Waals surface area contributed by atoms with Crippen molar-refractivity contribution in [1.29, 1.82) is 0 Å². The third-order valence-electron chi connectivity index (χ3n) is 3.04. The van der Waals surface area contributed by atoms with Crippen LogP contribution in [0.4, 0.5) is 11.4 Å². The van der Waals surface area contributed by atoms with E-state index < -0.39 is 5.97 Å². The number of fused-ring (bicyclic) bond motifs is 1. The average molecular weight is 238 g/mol. The fourth-order valence-corrected chi connectivity index (χ4v) is 1.82. The fraction of sp³-hybridized carbons (Fsp3) is 0.455. The van der Waals surface area contributed by atoms with Crippen LogP contribution >= 0.6 is 0 Å². The van der Waals surface area contributed by atoms with Crippen molar-refractivity contribution in [2.45, 2.75) is 26.3 Å². The third kappa shape index (κ3) is 1.86. The van der Waals surface area contributed by atoms with Gasteiger partial charge in [0, 0.05) is 0 Å². The van der Waals surface area contributed by atoms with E-state index >= 15 is 0 Å². The van der Waals surface area contributed by atoms with E-state index in [1.54, 1.807) is 0 Å². The lowest BCUT2D eigenvalue weighted by molar-refractivity contribution is -0.118. The maximum atomic E-state index is 11.8. The zero-order valence-corrected chi connectivity index (χ0v) is 9.61. The second-order valence-corrected chi connectivity index (χ2v) is 4.16. The molecule has 6 nitrogen and oxygen atoms in total. The Bertz CT molecular complexity index is 466. The molecule has 3 N–H and O–H groups in total. The Morgan fingerprint density at radius 1 is 1.65 bits per heavy atom. The number of hydrogen-bond donors (Lipinski definition) is 3. The molecule has 0 aromatic carbocycles. The predicted molar refractivity (Wildman–Crippen MR) is 61.2 cm³/mol. The Hall–Kier alpha value is -1.98. The first-order valence-corrected chi connectivity index (χ1v) is 5.46. The molecule has 0 unspecified atom stereocenters. The minimum atomic E-state index is -1.20. The number of aromatic carboxylic acids is 1. The summed E-state index contributed by atoms with van der Waals surface area (Å²) in [6, 6.07) is -0.355. The van der Waals surface area contributed by atoms with Crippen LogP contribution in [0.5, 0.6) is 0 Å². The Morgan fingerprint density at radius 3 is 2.94 bits per heavy atom. The second kappa shape index (κ2) is 4.12. The molecule has 1 amide bonds. The molecule has 0 spiro atoms. The van der Waals surface area contributed by atoms with Crippen LogP contribution in [-0.4, -0.2) is 23.0 Å². The molecular weight excluding hydrogens is 224 g/mol. The van der Waals surface area contributed by atoms with Gasteiger partial charge < -0.3 is 20.2 Å². The molecule has 0 aliphatic carbocycles. The molecule has 2 heterocycles. The van der Waals surface area contributed by atoms with E-state index in [1.165, 1.54) is 6.26 Å². The summed E-state index contributed by atoms with van der Waals surface area (Å²) in [5, 5.41) is 14.4. The van der Waals surface area contributed by atoms with E-state index in [9.17, 15) is 9.59 Å². The van der Waals surface area contributed by atoms with Gasteiger partial charge in [-0.15, -0.1) is 0 Å². The monoisotopic (exact) mass is 238 g/mol. The van der Waals surface area contributed by atoms with Crippen LogP contribution in [0.15, 0.2) is 10.7 Å². The van der Waals surface area contributed by atoms with Gasteiger partial charge in [-0.1, -0.05) is 20.3 Å². The van der Waals surface area contributed by atoms with Gasteiger partial charge in [-0.2, -0.15) is 0 Å². The summed E-state index contributed by atoms with van der Waals surface area (Å²) in [5.41, 5.74) is 0.731. The van der Waals surface area contributed by atoms with Crippen molar-refractivity contribution in [3.63, 3.8) is 0 Å². The van der Waals surface area contributed by atoms with E-state index in [1.807, 2.05) is 13.8 Å². The SMILES string of the molecule is CC[C@H](C)[C@@H]1Nc2coc(C(=O)O)c2NC1=O. The molecule has 0 saturated heterocycles. The van der Waals surface area contributed by atoms with Gasteiger partial charge in [0.1, 0.15) is 18.0 Å². The van der Waals surface area contributed by atoms with E-state index in [0.717, 1.165) is 6.42 Å². The van der Waals surface area contributed by atoms with Gasteiger partial charge in [0.2, 0.25) is 11.7 Å². The number of carbonyl (C=O) groups is 2. The number of nitrogens with one attached hydrogen (secondary N) is 2. The number of hydrogen-bond acceptors (Lipinski definition) is 4. The van der Waals surface area contributed by atoms with E-state index in [4.69, 9.17) is 9.52 Å². The highest BCUT2D eigenvalue weighted by molar-refractivity contribution is 6.08. The first kappa shape index (κ1) is 11.5. The van der Waals surface area contributed by atoms with Gasteiger partial charge in [0.15, 0.2) is 0 Å². The lowest BCUT2D eigenvalue weighted by Gasteiger charge is -2.28. The molecule has 1 aliphatic rings. The molecule has 92 valence electrons. The number of amides is 1. The molecule has 1 aromatic heterocycles. The van der Waals surface area contributed by atoms with Crippen molar-refractivity contribution in [3.8, 4) is 0 Å². The Labute approximate surface area is 98.0 Å². The van der Waals surface area contributed by atoms with Gasteiger partial charge in [-0.25, -0.2) is 4.79 Å². The molecule has 2 rings (SSSR count). The average Bonchev–Trinajstić information content (AvgIpc) is 2.69. The van der Waals surface area contributed by atoms with Crippen molar-refractivity contribution in [2.75, 3.05) is 10.6 Å². The molecule has 0 radical (unpaired) electrons. The highest BCUT2D eigenvalue weighted by atomic mass is 16.4. The molecule has 1 aliphatic heterocycles. The van der Waals surface area contributed by atoms with Crippen molar-refractivity contribution >= 4 is 23.3 Å². The van der Waals surface area contributed by atoms with Crippen molar-refractivity contribution in [1.82, 2.24) is 0 Å². The summed E-state index contributed by atoms with van der Waals surface area (Å²) in [4.78, 5) is 22.7. The van der Waals surface area contributed by atoms with E-state index in [0.29, 0.717) is 5.69 Å². The van der Waals surface area contributed by atoms with Gasteiger partial charge in [0.25, 0.3) is 0 Å². The summed E-state index contributed by atoms with van der Waals surface area (Å²) >= 11 is 0. The lowest BCUT2D eigenvalue weighted by atomic mass is 9.96. The van der Waals surface area contributed by atoms with Crippen molar-refractivity contribution in [3.05, 3.63) is 12.0 Å². The normalized spacial score (nSPS) is 20.1. The van der Waals surface area contributed by atoms with Crippen LogP contribution in [0.3, 0.4) is 0 Å². The standard InChI is InChI=1S/C11H14N2O4/c1-3-5(2)7-10(14)13-8-6(12-7)4-17-9(8)11(15)16/h4-5,7,12H,3H2,1-2H3,(H,13,14)(H,15,16)/t5-,7-/m0/s1. The molecule has 0 fully saturated rings. The number of carbonyl (C=O) groups excluding carboxylic acids is 1. The van der Waals surface area contributed by atoms with Gasteiger partial charge in [-0.05, 0) is 5.92 Å². The number of rotatable bonds is 3. The minimum Gasteiger partial charge on any atom is -0.475 e. The zero-order valence-electron chi connectivity index (χ0n) is 9.61. The molecule has 6 heteroatoms. The van der Waals surface area contributed by atoms with Crippen LogP contribution in [-0.2, 0) is 4.79 Å². The van der Waals surface area contributed by atoms with Crippen LogP contribution < -0.4 is 10.6 Å². The highest BCUT2D eigenvalue weighted by Crippen LogP contribution is 2.34. The lowest BCUT2D eigenvalue weighted by Crippen LogP contribution is -2.43. The Morgan fingerprint density at radius 2 is 2.35 bits per heavy atom. The molecule has 0 saturated carbocycles. The van der Waals surface area contributed by atoms with Crippen molar-refractivity contribution in [2.24, 2.45) is 5.92 Å². The summed E-state index contributed by atoms with van der Waals surface area (Å²) in [6.07, 6.45) is 2.16. The first-order valence-electron chi connectivity index (χ1n) is 5.46. The fourth-order valence-electron chi connectivity index (χ4n) is 1.82. The third-order valence-corrected chi connectivity index (χ3v) is 3.04. The second-order valence-electron chi connectivity index (χ2n) is 4.16. The van der Waals surface area contributed by atoms with Gasteiger partial charge >= 0.3 is 5.97 Å². The summed E-state index contributed by atoms with van der Waals surface area (Å²) in [7, 11) is 0. The van der Waals surface area contributed by atoms with E-state index in [2.05, 4.69) is 10.6 Å². The van der Waals surface area contributed by atoms with Gasteiger partial charge in [-0.3, -0.25) is 4.79 Å². The quantitative estimate of drug-likeness (QED) is 0.746. The molecule has 2 atom stereocenters. The number of furan rings is 1. The largest absolute Gasteiger partial charge is 0.475 e. The van der Waals surface area contributed by atoms with Crippen molar-refractivity contribution < 1.29 is 19.1 Å². The number of anilines is 2. The van der Waals surface area contributed by atoms with Crippen LogP contribution in [0, 0.1) is 5.92 Å². The van der Waals surface area contributed by atoms with E-state index in [-0.39, 0.29) is 29.3 Å². The summed E-state index contributed by atoms with van der Waals surface area (Å²) in [6.45, 7) is 3.95. The molecular formula is C11H14N2O4. The first-order chi connectivity index (χ1) is 8.04. The van der Waals surface area contributed by atoms with Crippen LogP contribution in [0.2, 0.25) is 0 Å². The maximum absolute atomic E-state index is 11.8. The molecule has 1 aromatic rings. The smallest absolute Gasteiger partial charge is 0.374 e. The zero-order chi connectivity index (χ0) is 12.6. The minimum absolute atomic E-state index is 0.159. The topological polar surface area (TPSA) is 91.6 Å². The summed E-state index contributed by atoms with van der Waals surface area (Å²) < 4.78 is 4.91. The highest BCUT2D eigenvalue weighted by Gasteiger charge is 2.33. The Kier molecular flexibility index (Phi) is 2.79. The Balaban J connectivity index is 2.31. The predicted octanol–water partition coefficient (Wildman–Crippen LogP) is 1.76. The molecule has 0 bridgehead atoms. The van der Waals surface area contributed by atoms with Crippen LogP contribution in [0.25, 0.3) is 0 Å². The number of carboxylic acids is 1. The molecule has 17 heavy (non-hydrogen) atoms. The summed E-state index contributed by atoms with van der Waals surface area (Å²) in [5.74, 6) is -1.51. The number of carboxylic acid groups (broad SMARTS) is 1.